The van der Waals surface area contributed by atoms with Crippen molar-refractivity contribution in [2.24, 2.45) is 20.5 Å². The minimum absolute atomic E-state index is 0.0465. The van der Waals surface area contributed by atoms with Gasteiger partial charge in [0.15, 0.2) is 5.37 Å². The zero-order chi connectivity index (χ0) is 46.4. The average molecular weight is 973 g/mol. The summed E-state index contributed by atoms with van der Waals surface area (Å²) in [4.78, 5) is 10.7. The van der Waals surface area contributed by atoms with Crippen LogP contribution in [0.4, 0.5) is 52.0 Å². The zero-order valence-electron chi connectivity index (χ0n) is 31.7. The molecule has 5 rings (SSSR count). The molecule has 0 spiro atoms. The number of ether oxygens (including phenoxy) is 1. The molecule has 0 bridgehead atoms. The molecule has 0 aliphatic rings. The van der Waals surface area contributed by atoms with Gasteiger partial charge in [-0.2, -0.15) is 77.5 Å². The summed E-state index contributed by atoms with van der Waals surface area (Å²) < 4.78 is 170. The Bertz CT molecular complexity index is 3140. The first-order valence-electron chi connectivity index (χ1n) is 17.1. The van der Waals surface area contributed by atoms with Gasteiger partial charge in [-0.3, -0.25) is 22.8 Å². The van der Waals surface area contributed by atoms with Gasteiger partial charge < -0.3 is 20.7 Å². The molecule has 1 atom stereocenters. The van der Waals surface area contributed by atoms with E-state index in [1.165, 1.54) is 48.5 Å². The van der Waals surface area contributed by atoms with Crippen LogP contribution in [0, 0.1) is 0 Å². The van der Waals surface area contributed by atoms with Crippen LogP contribution in [-0.2, 0) is 50.6 Å². The fourth-order valence-corrected chi connectivity index (χ4v) is 7.12. The van der Waals surface area contributed by atoms with E-state index in [0.29, 0.717) is 0 Å². The van der Waals surface area contributed by atoms with Crippen molar-refractivity contribution in [3.8, 4) is 5.75 Å². The van der Waals surface area contributed by atoms with Crippen LogP contribution >= 0.6 is 0 Å². The van der Waals surface area contributed by atoms with Gasteiger partial charge in [0.25, 0.3) is 50.6 Å². The van der Waals surface area contributed by atoms with Crippen molar-refractivity contribution in [1.82, 2.24) is 15.0 Å². The normalized spacial score (nSPS) is 13.2. The summed E-state index contributed by atoms with van der Waals surface area (Å²) in [5.41, 5.74) is -0.0411. The highest BCUT2D eigenvalue weighted by Gasteiger charge is 2.22. The Hall–Kier alpha value is -6.16. The fraction of sp³-hybridized carbons (Fsp3) is 0.156. The molecule has 0 radical (unpaired) electrons. The largest absolute Gasteiger partial charge is 0.491 e. The third kappa shape index (κ3) is 14.4. The predicted molar refractivity (Wildman–Crippen MR) is 221 cm³/mol. The first-order valence-corrected chi connectivity index (χ1v) is 24.5. The van der Waals surface area contributed by atoms with Crippen molar-refractivity contribution in [2.45, 2.75) is 33.4 Å². The molecule has 63 heavy (non-hydrogen) atoms. The van der Waals surface area contributed by atoms with E-state index in [2.05, 4.69) is 51.4 Å². The van der Waals surface area contributed by atoms with Crippen molar-refractivity contribution < 1.29 is 69.6 Å². The molecule has 0 aliphatic heterocycles. The van der Waals surface area contributed by atoms with Crippen LogP contribution < -0.4 is 20.7 Å². The highest BCUT2D eigenvalue weighted by Crippen LogP contribution is 2.34. The van der Waals surface area contributed by atoms with Crippen LogP contribution in [0.25, 0.3) is 0 Å². The van der Waals surface area contributed by atoms with E-state index in [0.717, 1.165) is 43.3 Å². The smallest absolute Gasteiger partial charge is 0.296 e. The number of aromatic nitrogens is 3. The summed E-state index contributed by atoms with van der Waals surface area (Å²) >= 11 is 0. The number of rotatable bonds is 19. The van der Waals surface area contributed by atoms with Crippen LogP contribution in [0.5, 0.6) is 5.75 Å². The maximum Gasteiger partial charge on any atom is 0.296 e. The number of azo groups is 2. The fourth-order valence-electron chi connectivity index (χ4n) is 4.76. The molecular formula is C32H32N10O16S5. The molecule has 1 aromatic heterocycles. The quantitative estimate of drug-likeness (QED) is 0.0298. The standard InChI is InChI=1S/C32H32N10O16S5/c1-19(60(46,47)48)33-30-36-31(34-26-13-7-22(17-28(26)58-15-2-16-59(43,44)45)41-39-20-3-9-24(10-4-20)61(49,50)51)38-32(37-30)35-27-14-8-23(18-29(27)63(55,56)57)42-40-21-5-11-25(12-6-21)62(52,53)54/h3-14,17-19H,2,15-16H2,1H3,(H,43,44,45)(H,46,47,48)(H,49,50,51)(H,52,53,54)(H,55,56,57)(H3,33,34,35,36,37,38)/b41-39-,42-40?. The molecule has 1 unspecified atom stereocenters. The minimum atomic E-state index is -5.04. The van der Waals surface area contributed by atoms with Crippen LogP contribution in [0.15, 0.2) is 120 Å². The van der Waals surface area contributed by atoms with E-state index >= 15 is 0 Å². The van der Waals surface area contributed by atoms with E-state index in [4.69, 9.17) is 13.8 Å². The molecule has 0 saturated heterocycles. The lowest BCUT2D eigenvalue weighted by Crippen LogP contribution is -2.27. The maximum absolute atomic E-state index is 12.5. The van der Waals surface area contributed by atoms with Gasteiger partial charge in [-0.1, -0.05) is 0 Å². The highest BCUT2D eigenvalue weighted by atomic mass is 32.2. The number of nitrogens with one attached hydrogen (secondary N) is 3. The van der Waals surface area contributed by atoms with Crippen molar-refractivity contribution >= 4 is 103 Å². The Kier molecular flexibility index (Phi) is 14.5. The lowest BCUT2D eigenvalue weighted by molar-refractivity contribution is 0.317. The number of benzene rings is 4. The van der Waals surface area contributed by atoms with E-state index in [-0.39, 0.29) is 57.8 Å². The molecule has 1 heterocycles. The van der Waals surface area contributed by atoms with Crippen LogP contribution in [0.2, 0.25) is 0 Å². The van der Waals surface area contributed by atoms with Gasteiger partial charge in [0.2, 0.25) is 17.8 Å². The number of nitrogens with zero attached hydrogens (tertiary/aromatic N) is 7. The van der Waals surface area contributed by atoms with Crippen molar-refractivity contribution in [3.63, 3.8) is 0 Å². The average Bonchev–Trinajstić information content (AvgIpc) is 3.17. The second-order valence-corrected chi connectivity index (χ2v) is 20.1. The van der Waals surface area contributed by atoms with Crippen molar-refractivity contribution in [3.05, 3.63) is 84.9 Å². The first kappa shape index (κ1) is 47.9. The molecule has 0 amide bonds. The Balaban J connectivity index is 1.49. The van der Waals surface area contributed by atoms with E-state index < -0.39 is 89.4 Å². The topological polar surface area (TPSA) is 405 Å². The third-order valence-corrected chi connectivity index (χ3v) is 12.2. The zero-order valence-corrected chi connectivity index (χ0v) is 35.8. The summed E-state index contributed by atoms with van der Waals surface area (Å²) in [6.45, 7) is 0.754. The lowest BCUT2D eigenvalue weighted by Gasteiger charge is -2.16. The SMILES string of the molecule is CC(Nc1nc(Nc2ccc(/N=N\c3ccc(S(=O)(=O)O)cc3)cc2OCCCS(=O)(=O)O)nc(Nc2ccc(N=Nc3ccc(S(=O)(=O)O)cc3)cc2S(=O)(=O)O)n1)S(=O)(=O)O. The Morgan fingerprint density at radius 2 is 0.984 bits per heavy atom. The summed E-state index contributed by atoms with van der Waals surface area (Å²) in [6, 6.07) is 16.5. The van der Waals surface area contributed by atoms with Gasteiger partial charge in [0, 0.05) is 6.07 Å². The highest BCUT2D eigenvalue weighted by molar-refractivity contribution is 7.87. The number of hydrogen-bond donors (Lipinski definition) is 8. The molecule has 4 aromatic carbocycles. The van der Waals surface area contributed by atoms with E-state index in [9.17, 15) is 55.7 Å². The van der Waals surface area contributed by atoms with Gasteiger partial charge in [0.05, 0.1) is 56.3 Å². The summed E-state index contributed by atoms with van der Waals surface area (Å²) in [5.74, 6) is -2.11. The molecule has 336 valence electrons. The number of hydrogen-bond acceptors (Lipinski definition) is 21. The Morgan fingerprint density at radius 1 is 0.556 bits per heavy atom. The summed E-state index contributed by atoms with van der Waals surface area (Å²) in [7, 11) is -23.1. The molecule has 0 fully saturated rings. The lowest BCUT2D eigenvalue weighted by atomic mass is 10.2. The van der Waals surface area contributed by atoms with Crippen LogP contribution in [-0.4, -0.2) is 97.5 Å². The Labute approximate surface area is 358 Å². The third-order valence-electron chi connectivity index (χ3n) is 7.75. The molecule has 26 nitrogen and oxygen atoms in total. The van der Waals surface area contributed by atoms with Crippen molar-refractivity contribution in [1.29, 1.82) is 0 Å². The minimum Gasteiger partial charge on any atom is -0.491 e. The molecule has 31 heteroatoms. The molecule has 5 aromatic rings. The van der Waals surface area contributed by atoms with Gasteiger partial charge >= 0.3 is 0 Å². The summed E-state index contributed by atoms with van der Waals surface area (Å²) in [6.07, 6.45) is -0.189. The maximum atomic E-state index is 12.5. The monoisotopic (exact) mass is 972 g/mol. The van der Waals surface area contributed by atoms with Gasteiger partial charge in [-0.25, -0.2) is 0 Å². The van der Waals surface area contributed by atoms with E-state index in [1.807, 2.05) is 0 Å². The second kappa shape index (κ2) is 19.1. The summed E-state index contributed by atoms with van der Waals surface area (Å²) in [5, 5.41) is 21.8. The van der Waals surface area contributed by atoms with E-state index in [1.54, 1.807) is 0 Å². The van der Waals surface area contributed by atoms with Crippen LogP contribution in [0.1, 0.15) is 13.3 Å². The van der Waals surface area contributed by atoms with Crippen LogP contribution in [0.3, 0.4) is 0 Å². The van der Waals surface area contributed by atoms with Gasteiger partial charge in [-0.05, 0) is 92.2 Å². The Morgan fingerprint density at radius 3 is 1.44 bits per heavy atom. The molecule has 0 aliphatic carbocycles. The number of anilines is 5. The second-order valence-electron chi connectivity index (χ2n) is 12.5. The molecular weight excluding hydrogens is 941 g/mol. The van der Waals surface area contributed by atoms with Gasteiger partial charge in [0.1, 0.15) is 10.6 Å². The first-order chi connectivity index (χ1) is 29.2. The molecule has 0 saturated carbocycles. The predicted octanol–water partition coefficient (Wildman–Crippen LogP) is 5.23. The van der Waals surface area contributed by atoms with Crippen molar-refractivity contribution in [2.75, 3.05) is 28.3 Å². The van der Waals surface area contributed by atoms with Gasteiger partial charge in [-0.15, -0.1) is 0 Å². The molecule has 8 N–H and O–H groups in total.